The number of aryl methyl sites for hydroxylation is 1. The van der Waals surface area contributed by atoms with E-state index < -0.39 is 29.3 Å². The van der Waals surface area contributed by atoms with E-state index >= 15 is 0 Å². The number of rotatable bonds is 7. The molecule has 0 saturated carbocycles. The number of carbonyl (C=O) groups excluding carboxylic acids is 1. The molecule has 0 spiro atoms. The normalized spacial score (nSPS) is 12.6. The SMILES string of the molecule is CCCCOC(=O)c1ccc(N[C@H](C)c2cc3c(=O)[nH]c(C)nc3cc2C(F)(F)F)cc1. The Morgan fingerprint density at radius 3 is 2.53 bits per heavy atom. The highest BCUT2D eigenvalue weighted by molar-refractivity contribution is 5.89. The Morgan fingerprint density at radius 2 is 1.91 bits per heavy atom. The zero-order valence-electron chi connectivity index (χ0n) is 18.0. The second-order valence-corrected chi connectivity index (χ2v) is 7.54. The molecular weight excluding hydrogens is 423 g/mol. The van der Waals surface area contributed by atoms with E-state index in [2.05, 4.69) is 15.3 Å². The fourth-order valence-corrected chi connectivity index (χ4v) is 3.35. The van der Waals surface area contributed by atoms with Crippen LogP contribution in [-0.2, 0) is 10.9 Å². The van der Waals surface area contributed by atoms with Crippen LogP contribution in [0.1, 0.15) is 60.0 Å². The third kappa shape index (κ3) is 5.27. The molecular formula is C23H24F3N3O3. The summed E-state index contributed by atoms with van der Waals surface area (Å²) in [6, 6.07) is 7.63. The summed E-state index contributed by atoms with van der Waals surface area (Å²) in [5.41, 5.74) is -0.579. The van der Waals surface area contributed by atoms with Crippen LogP contribution in [0.2, 0.25) is 0 Å². The molecule has 1 aromatic heterocycles. The van der Waals surface area contributed by atoms with E-state index in [1.165, 1.54) is 13.0 Å². The maximum Gasteiger partial charge on any atom is 0.416 e. The maximum absolute atomic E-state index is 13.8. The van der Waals surface area contributed by atoms with Gasteiger partial charge < -0.3 is 15.0 Å². The van der Waals surface area contributed by atoms with Crippen molar-refractivity contribution < 1.29 is 22.7 Å². The van der Waals surface area contributed by atoms with E-state index in [1.807, 2.05) is 6.92 Å². The third-order valence-electron chi connectivity index (χ3n) is 5.00. The molecule has 3 rings (SSSR count). The van der Waals surface area contributed by atoms with Gasteiger partial charge in [0, 0.05) is 11.7 Å². The average Bonchev–Trinajstić information content (AvgIpc) is 2.72. The highest BCUT2D eigenvalue weighted by Crippen LogP contribution is 2.37. The zero-order chi connectivity index (χ0) is 23.5. The Kier molecular flexibility index (Phi) is 6.86. The Morgan fingerprint density at radius 1 is 1.22 bits per heavy atom. The number of ether oxygens (including phenoxy) is 1. The van der Waals surface area contributed by atoms with E-state index in [1.54, 1.807) is 31.2 Å². The van der Waals surface area contributed by atoms with Gasteiger partial charge in [0.25, 0.3) is 5.56 Å². The Labute approximate surface area is 182 Å². The van der Waals surface area contributed by atoms with Crippen molar-refractivity contribution in [1.82, 2.24) is 9.97 Å². The van der Waals surface area contributed by atoms with Crippen LogP contribution in [0, 0.1) is 6.92 Å². The second-order valence-electron chi connectivity index (χ2n) is 7.54. The number of carbonyl (C=O) groups is 1. The lowest BCUT2D eigenvalue weighted by atomic mass is 9.98. The first kappa shape index (κ1) is 23.3. The van der Waals surface area contributed by atoms with Gasteiger partial charge in [-0.15, -0.1) is 0 Å². The average molecular weight is 447 g/mol. The molecule has 0 amide bonds. The molecule has 0 radical (unpaired) electrons. The lowest BCUT2D eigenvalue weighted by molar-refractivity contribution is -0.138. The molecule has 0 fully saturated rings. The summed E-state index contributed by atoms with van der Waals surface area (Å²) in [7, 11) is 0. The quantitative estimate of drug-likeness (QED) is 0.375. The first-order valence-electron chi connectivity index (χ1n) is 10.3. The van der Waals surface area contributed by atoms with Crippen LogP contribution in [0.4, 0.5) is 18.9 Å². The van der Waals surface area contributed by atoms with E-state index in [0.717, 1.165) is 18.9 Å². The number of aromatic amines is 1. The molecule has 0 bridgehead atoms. The molecule has 32 heavy (non-hydrogen) atoms. The molecule has 6 nitrogen and oxygen atoms in total. The highest BCUT2D eigenvalue weighted by Gasteiger charge is 2.35. The summed E-state index contributed by atoms with van der Waals surface area (Å²) in [6.45, 7) is 5.40. The smallest absolute Gasteiger partial charge is 0.416 e. The topological polar surface area (TPSA) is 84.1 Å². The predicted molar refractivity (Wildman–Crippen MR) is 116 cm³/mol. The van der Waals surface area contributed by atoms with Crippen molar-refractivity contribution >= 4 is 22.6 Å². The Hall–Kier alpha value is -3.36. The number of hydrogen-bond acceptors (Lipinski definition) is 5. The van der Waals surface area contributed by atoms with E-state index in [0.29, 0.717) is 17.9 Å². The molecule has 2 aromatic carbocycles. The van der Waals surface area contributed by atoms with Crippen molar-refractivity contribution in [3.8, 4) is 0 Å². The van der Waals surface area contributed by atoms with Gasteiger partial charge in [-0.1, -0.05) is 13.3 Å². The number of nitrogens with one attached hydrogen (secondary N) is 2. The Balaban J connectivity index is 1.88. The minimum absolute atomic E-state index is 0.0135. The lowest BCUT2D eigenvalue weighted by Crippen LogP contribution is -2.18. The highest BCUT2D eigenvalue weighted by atomic mass is 19.4. The number of benzene rings is 2. The number of anilines is 1. The largest absolute Gasteiger partial charge is 0.462 e. The van der Waals surface area contributed by atoms with Crippen LogP contribution in [0.5, 0.6) is 0 Å². The van der Waals surface area contributed by atoms with Gasteiger partial charge in [0.1, 0.15) is 5.82 Å². The molecule has 0 saturated heterocycles. The molecule has 3 aromatic rings. The van der Waals surface area contributed by atoms with Crippen molar-refractivity contribution in [2.45, 2.75) is 45.8 Å². The number of esters is 1. The molecule has 0 aliphatic rings. The molecule has 9 heteroatoms. The van der Waals surface area contributed by atoms with Gasteiger partial charge in [-0.2, -0.15) is 13.2 Å². The van der Waals surface area contributed by atoms with Gasteiger partial charge in [-0.05, 0) is 62.2 Å². The molecule has 1 heterocycles. The van der Waals surface area contributed by atoms with Crippen molar-refractivity contribution in [3.63, 3.8) is 0 Å². The summed E-state index contributed by atoms with van der Waals surface area (Å²) in [5.74, 6) is -0.211. The first-order chi connectivity index (χ1) is 15.1. The van der Waals surface area contributed by atoms with Crippen molar-refractivity contribution in [2.24, 2.45) is 0 Å². The minimum Gasteiger partial charge on any atom is -0.462 e. The number of halogens is 3. The number of H-pyrrole nitrogens is 1. The van der Waals surface area contributed by atoms with Gasteiger partial charge >= 0.3 is 12.1 Å². The monoisotopic (exact) mass is 447 g/mol. The van der Waals surface area contributed by atoms with Crippen LogP contribution >= 0.6 is 0 Å². The number of fused-ring (bicyclic) bond motifs is 1. The van der Waals surface area contributed by atoms with Crippen LogP contribution in [0.15, 0.2) is 41.2 Å². The van der Waals surface area contributed by atoms with Crippen LogP contribution in [-0.4, -0.2) is 22.5 Å². The molecule has 1 atom stereocenters. The second kappa shape index (κ2) is 9.42. The van der Waals surface area contributed by atoms with Gasteiger partial charge in [0.15, 0.2) is 0 Å². The summed E-state index contributed by atoms with van der Waals surface area (Å²) in [5, 5.41) is 3.08. The van der Waals surface area contributed by atoms with Crippen molar-refractivity contribution in [2.75, 3.05) is 11.9 Å². The lowest BCUT2D eigenvalue weighted by Gasteiger charge is -2.21. The van der Waals surface area contributed by atoms with Gasteiger partial charge in [0.2, 0.25) is 0 Å². The van der Waals surface area contributed by atoms with E-state index in [-0.39, 0.29) is 22.3 Å². The summed E-state index contributed by atoms with van der Waals surface area (Å²) < 4.78 is 46.4. The van der Waals surface area contributed by atoms with Crippen LogP contribution < -0.4 is 10.9 Å². The number of unbranched alkanes of at least 4 members (excludes halogenated alkanes) is 1. The minimum atomic E-state index is -4.62. The fraction of sp³-hybridized carbons (Fsp3) is 0.348. The Bertz CT molecular complexity index is 1170. The number of alkyl halides is 3. The van der Waals surface area contributed by atoms with Crippen LogP contribution in [0.3, 0.4) is 0 Å². The number of hydrogen-bond donors (Lipinski definition) is 2. The molecule has 0 aliphatic heterocycles. The predicted octanol–water partition coefficient (Wildman–Crippen LogP) is 5.38. The van der Waals surface area contributed by atoms with E-state index in [4.69, 9.17) is 4.74 Å². The fourth-order valence-electron chi connectivity index (χ4n) is 3.35. The van der Waals surface area contributed by atoms with Gasteiger partial charge in [-0.3, -0.25) is 4.79 Å². The van der Waals surface area contributed by atoms with Gasteiger partial charge in [-0.25, -0.2) is 9.78 Å². The van der Waals surface area contributed by atoms with Crippen LogP contribution in [0.25, 0.3) is 10.9 Å². The third-order valence-corrected chi connectivity index (χ3v) is 5.00. The molecule has 0 aliphatic carbocycles. The van der Waals surface area contributed by atoms with E-state index in [9.17, 15) is 22.8 Å². The number of nitrogens with zero attached hydrogens (tertiary/aromatic N) is 1. The van der Waals surface area contributed by atoms with Crippen molar-refractivity contribution in [1.29, 1.82) is 0 Å². The van der Waals surface area contributed by atoms with Gasteiger partial charge in [0.05, 0.1) is 28.6 Å². The summed E-state index contributed by atoms with van der Waals surface area (Å²) >= 11 is 0. The standard InChI is InChI=1S/C23H24F3N3O3/c1-4-5-10-32-22(31)15-6-8-16(9-7-15)27-13(2)17-11-18-20(12-19(17)23(24,25)26)28-14(3)29-21(18)30/h6-9,11-13,27H,4-5,10H2,1-3H3,(H,28,29,30)/t13-/m1/s1. The van der Waals surface area contributed by atoms with Crippen molar-refractivity contribution in [3.05, 3.63) is 69.3 Å². The molecule has 2 N–H and O–H groups in total. The maximum atomic E-state index is 13.8. The molecule has 170 valence electrons. The molecule has 0 unspecified atom stereocenters. The summed E-state index contributed by atoms with van der Waals surface area (Å²) in [6.07, 6.45) is -2.94. The summed E-state index contributed by atoms with van der Waals surface area (Å²) in [4.78, 5) is 30.8. The number of aromatic nitrogens is 2. The first-order valence-corrected chi connectivity index (χ1v) is 10.3. The zero-order valence-corrected chi connectivity index (χ0v) is 18.0.